The van der Waals surface area contributed by atoms with Gasteiger partial charge in [-0.2, -0.15) is 0 Å². The first-order valence-electron chi connectivity index (χ1n) is 10.3. The number of hydrogen-bond acceptors (Lipinski definition) is 5. The van der Waals surface area contributed by atoms with Crippen molar-refractivity contribution in [3.8, 4) is 17.2 Å². The molecule has 0 N–H and O–H groups in total. The maximum Gasteiger partial charge on any atom is 0.200 e. The summed E-state index contributed by atoms with van der Waals surface area (Å²) in [5.74, 6) is 1.56. The second-order valence-electron chi connectivity index (χ2n) is 7.56. The molecule has 3 aromatic carbocycles. The van der Waals surface area contributed by atoms with Crippen molar-refractivity contribution >= 4 is 16.7 Å². The molecular formula is C26H21NO5. The number of benzene rings is 3. The van der Waals surface area contributed by atoms with Crippen LogP contribution in [0.1, 0.15) is 21.5 Å². The fourth-order valence-electron chi connectivity index (χ4n) is 3.89. The van der Waals surface area contributed by atoms with Crippen molar-refractivity contribution < 1.29 is 19.0 Å². The van der Waals surface area contributed by atoms with Crippen LogP contribution in [0.5, 0.6) is 17.2 Å². The summed E-state index contributed by atoms with van der Waals surface area (Å²) in [6.07, 6.45) is 1.64. The number of pyridine rings is 1. The second-order valence-corrected chi connectivity index (χ2v) is 7.56. The first kappa shape index (κ1) is 19.9. The van der Waals surface area contributed by atoms with Crippen molar-refractivity contribution in [2.75, 3.05) is 20.3 Å². The highest BCUT2D eigenvalue weighted by Crippen LogP contribution is 2.34. The van der Waals surface area contributed by atoms with Gasteiger partial charge in [-0.3, -0.25) is 9.59 Å². The van der Waals surface area contributed by atoms with Crippen LogP contribution < -0.4 is 19.6 Å². The van der Waals surface area contributed by atoms with E-state index in [1.54, 1.807) is 43.6 Å². The van der Waals surface area contributed by atoms with E-state index in [0.29, 0.717) is 47.7 Å². The molecular weight excluding hydrogens is 406 g/mol. The Labute approximate surface area is 184 Å². The van der Waals surface area contributed by atoms with E-state index in [0.717, 1.165) is 11.3 Å². The van der Waals surface area contributed by atoms with Crippen LogP contribution in [-0.4, -0.2) is 30.7 Å². The maximum atomic E-state index is 13.4. The predicted molar refractivity (Wildman–Crippen MR) is 121 cm³/mol. The Bertz CT molecular complexity index is 1360. The van der Waals surface area contributed by atoms with Gasteiger partial charge in [-0.05, 0) is 23.8 Å². The lowest BCUT2D eigenvalue weighted by atomic mass is 10.0. The number of aromatic nitrogens is 1. The third-order valence-electron chi connectivity index (χ3n) is 5.54. The van der Waals surface area contributed by atoms with Gasteiger partial charge in [0.25, 0.3) is 0 Å². The minimum atomic E-state index is -0.322. The Morgan fingerprint density at radius 2 is 1.66 bits per heavy atom. The molecule has 0 radical (unpaired) electrons. The molecule has 0 fully saturated rings. The average molecular weight is 427 g/mol. The molecule has 2 heterocycles. The molecule has 160 valence electrons. The molecule has 0 spiro atoms. The number of ether oxygens (including phenoxy) is 3. The number of ketones is 1. The standard InChI is InChI=1S/C26H21NO5/c1-30-19-9-7-17(8-10-19)15-27-16-21(25(28)18-5-3-2-4-6-18)26(29)20-13-23-24(14-22(20)27)32-12-11-31-23/h2-10,13-14,16H,11-12,15H2,1H3. The molecule has 1 aromatic heterocycles. The fourth-order valence-corrected chi connectivity index (χ4v) is 3.89. The summed E-state index contributed by atoms with van der Waals surface area (Å²) in [6.45, 7) is 1.34. The van der Waals surface area contributed by atoms with Crippen LogP contribution in [0.25, 0.3) is 10.9 Å². The minimum Gasteiger partial charge on any atom is -0.497 e. The highest BCUT2D eigenvalue weighted by Gasteiger charge is 2.21. The van der Waals surface area contributed by atoms with Gasteiger partial charge in [-0.15, -0.1) is 0 Å². The van der Waals surface area contributed by atoms with E-state index < -0.39 is 0 Å². The maximum absolute atomic E-state index is 13.4. The first-order valence-corrected chi connectivity index (χ1v) is 10.3. The monoisotopic (exact) mass is 427 g/mol. The zero-order chi connectivity index (χ0) is 22.1. The lowest BCUT2D eigenvalue weighted by Gasteiger charge is -2.21. The van der Waals surface area contributed by atoms with Crippen molar-refractivity contribution in [1.82, 2.24) is 4.57 Å². The van der Waals surface area contributed by atoms with Crippen molar-refractivity contribution in [2.45, 2.75) is 6.54 Å². The lowest BCUT2D eigenvalue weighted by Crippen LogP contribution is -2.21. The highest BCUT2D eigenvalue weighted by molar-refractivity contribution is 6.10. The first-order chi connectivity index (χ1) is 15.6. The molecule has 0 amide bonds. The molecule has 0 unspecified atom stereocenters. The van der Waals surface area contributed by atoms with Crippen molar-refractivity contribution in [1.29, 1.82) is 0 Å². The summed E-state index contributed by atoms with van der Waals surface area (Å²) in [5.41, 5.74) is 1.95. The van der Waals surface area contributed by atoms with Crippen molar-refractivity contribution in [2.24, 2.45) is 0 Å². The van der Waals surface area contributed by atoms with Gasteiger partial charge in [-0.25, -0.2) is 0 Å². The van der Waals surface area contributed by atoms with Gasteiger partial charge < -0.3 is 18.8 Å². The Kier molecular flexibility index (Phi) is 5.11. The van der Waals surface area contributed by atoms with Gasteiger partial charge in [-0.1, -0.05) is 42.5 Å². The van der Waals surface area contributed by atoms with Gasteiger partial charge in [0.05, 0.1) is 23.6 Å². The van der Waals surface area contributed by atoms with Crippen molar-refractivity contribution in [3.63, 3.8) is 0 Å². The Morgan fingerprint density at radius 1 is 0.969 bits per heavy atom. The summed E-state index contributed by atoms with van der Waals surface area (Å²) < 4.78 is 18.6. The number of carbonyl (C=O) groups excluding carboxylic acids is 1. The second kappa shape index (κ2) is 8.23. The van der Waals surface area contributed by atoms with E-state index in [1.165, 1.54) is 0 Å². The summed E-state index contributed by atoms with van der Waals surface area (Å²) in [5, 5.41) is 0.421. The molecule has 6 nitrogen and oxygen atoms in total. The molecule has 1 aliphatic heterocycles. The average Bonchev–Trinajstić information content (AvgIpc) is 2.85. The van der Waals surface area contributed by atoms with Gasteiger partial charge in [0.15, 0.2) is 17.3 Å². The van der Waals surface area contributed by atoms with Gasteiger partial charge >= 0.3 is 0 Å². The van der Waals surface area contributed by atoms with E-state index >= 15 is 0 Å². The quantitative estimate of drug-likeness (QED) is 0.450. The van der Waals surface area contributed by atoms with Crippen LogP contribution >= 0.6 is 0 Å². The predicted octanol–water partition coefficient (Wildman–Crippen LogP) is 4.06. The Hall–Kier alpha value is -4.06. The molecule has 0 atom stereocenters. The van der Waals surface area contributed by atoms with Crippen LogP contribution in [0.4, 0.5) is 0 Å². The van der Waals surface area contributed by atoms with Crippen LogP contribution in [0, 0.1) is 0 Å². The third kappa shape index (κ3) is 3.60. The topological polar surface area (TPSA) is 66.8 Å². The number of rotatable bonds is 5. The molecule has 0 aliphatic carbocycles. The lowest BCUT2D eigenvalue weighted by molar-refractivity contribution is 0.103. The smallest absolute Gasteiger partial charge is 0.200 e. The molecule has 0 saturated carbocycles. The van der Waals surface area contributed by atoms with Gasteiger partial charge in [0.2, 0.25) is 5.43 Å². The van der Waals surface area contributed by atoms with E-state index in [2.05, 4.69) is 0 Å². The Balaban J connectivity index is 1.69. The number of carbonyl (C=O) groups is 1. The number of methoxy groups -OCH3 is 1. The molecule has 1 aliphatic rings. The van der Waals surface area contributed by atoms with E-state index in [4.69, 9.17) is 14.2 Å². The molecule has 0 bridgehead atoms. The summed E-state index contributed by atoms with van der Waals surface area (Å²) in [4.78, 5) is 26.6. The van der Waals surface area contributed by atoms with E-state index in [9.17, 15) is 9.59 Å². The normalized spacial score (nSPS) is 12.5. The summed E-state index contributed by atoms with van der Waals surface area (Å²) in [6, 6.07) is 20.0. The number of nitrogens with zero attached hydrogens (tertiary/aromatic N) is 1. The van der Waals surface area contributed by atoms with Gasteiger partial charge in [0, 0.05) is 24.4 Å². The van der Waals surface area contributed by atoms with Crippen LogP contribution in [-0.2, 0) is 6.54 Å². The summed E-state index contributed by atoms with van der Waals surface area (Å²) >= 11 is 0. The zero-order valence-electron chi connectivity index (χ0n) is 17.5. The highest BCUT2D eigenvalue weighted by atomic mass is 16.6. The van der Waals surface area contributed by atoms with E-state index in [-0.39, 0.29) is 16.8 Å². The molecule has 6 heteroatoms. The third-order valence-corrected chi connectivity index (χ3v) is 5.54. The summed E-state index contributed by atoms with van der Waals surface area (Å²) in [7, 11) is 1.62. The van der Waals surface area contributed by atoms with Crippen LogP contribution in [0.15, 0.2) is 77.7 Å². The largest absolute Gasteiger partial charge is 0.497 e. The van der Waals surface area contributed by atoms with Crippen LogP contribution in [0.2, 0.25) is 0 Å². The molecule has 0 saturated heterocycles. The molecule has 5 rings (SSSR count). The van der Waals surface area contributed by atoms with Crippen molar-refractivity contribution in [3.05, 3.63) is 99.8 Å². The van der Waals surface area contributed by atoms with Crippen LogP contribution in [0.3, 0.4) is 0 Å². The van der Waals surface area contributed by atoms with Gasteiger partial charge in [0.1, 0.15) is 19.0 Å². The fraction of sp³-hybridized carbons (Fsp3) is 0.154. The Morgan fingerprint density at radius 3 is 2.34 bits per heavy atom. The molecule has 4 aromatic rings. The minimum absolute atomic E-state index is 0.119. The molecule has 32 heavy (non-hydrogen) atoms. The zero-order valence-corrected chi connectivity index (χ0v) is 17.5. The SMILES string of the molecule is COc1ccc(Cn2cc(C(=O)c3ccccc3)c(=O)c3cc4c(cc32)OCCO4)cc1. The number of fused-ring (bicyclic) bond motifs is 2. The van der Waals surface area contributed by atoms with E-state index in [1.807, 2.05) is 41.0 Å². The number of hydrogen-bond donors (Lipinski definition) is 0.